The summed E-state index contributed by atoms with van der Waals surface area (Å²) in [5.74, 6) is -0.0580. The van der Waals surface area contributed by atoms with Crippen LogP contribution in [0.5, 0.6) is 0 Å². The largest absolute Gasteiger partial charge is 0.494 e. The number of rotatable bonds is 5. The predicted octanol–water partition coefficient (Wildman–Crippen LogP) is 3.20. The van der Waals surface area contributed by atoms with E-state index in [1.807, 2.05) is 24.3 Å². The van der Waals surface area contributed by atoms with Crippen LogP contribution in [-0.2, 0) is 24.6 Å². The van der Waals surface area contributed by atoms with E-state index < -0.39 is 5.79 Å². The summed E-state index contributed by atoms with van der Waals surface area (Å²) in [6.07, 6.45) is 2.68. The molecule has 6 heteroatoms. The molecule has 2 fully saturated rings. The molecule has 0 amide bonds. The van der Waals surface area contributed by atoms with Gasteiger partial charge in [-0.25, -0.2) is 0 Å². The van der Waals surface area contributed by atoms with Crippen molar-refractivity contribution < 1.29 is 18.8 Å². The fraction of sp³-hybridized carbons (Fsp3) is 0.667. The highest BCUT2D eigenvalue weighted by atomic mass is 35.5. The van der Waals surface area contributed by atoms with E-state index in [2.05, 4.69) is 20.8 Å². The third kappa shape index (κ3) is 3.97. The van der Waals surface area contributed by atoms with Gasteiger partial charge in [-0.15, -0.1) is 11.6 Å². The van der Waals surface area contributed by atoms with E-state index in [-0.39, 0.29) is 18.8 Å². The van der Waals surface area contributed by atoms with Gasteiger partial charge in [-0.3, -0.25) is 0 Å². The summed E-state index contributed by atoms with van der Waals surface area (Å²) in [5, 5.41) is 0. The molecular weight excluding hydrogens is 326 g/mol. The molecule has 2 saturated heterocycles. The fourth-order valence-electron chi connectivity index (χ4n) is 3.57. The van der Waals surface area contributed by atoms with E-state index in [0.717, 1.165) is 30.3 Å². The molecule has 1 unspecified atom stereocenters. The van der Waals surface area contributed by atoms with Crippen LogP contribution in [0.2, 0.25) is 0 Å². The number of halogens is 1. The Bertz CT molecular complexity index is 542. The molecule has 3 rings (SSSR count). The first kappa shape index (κ1) is 18.2. The summed E-state index contributed by atoms with van der Waals surface area (Å²) >= 11 is 5.85. The van der Waals surface area contributed by atoms with Gasteiger partial charge in [-0.05, 0) is 39.1 Å². The molecule has 0 spiro atoms. The average molecular weight is 353 g/mol. The second kappa shape index (κ2) is 7.34. The number of alkyl halides is 1. The normalized spacial score (nSPS) is 25.8. The first-order valence-corrected chi connectivity index (χ1v) is 9.25. The molecule has 1 aromatic rings. The minimum Gasteiger partial charge on any atom is -0.405 e. The van der Waals surface area contributed by atoms with Crippen molar-refractivity contribution >= 4 is 24.2 Å². The first-order valence-electron chi connectivity index (χ1n) is 8.72. The maximum Gasteiger partial charge on any atom is 0.494 e. The maximum atomic E-state index is 6.08. The van der Waals surface area contributed by atoms with Gasteiger partial charge < -0.3 is 18.8 Å². The Kier molecular flexibility index (Phi) is 5.57. The standard InChI is InChI=1S/C18H26BClO4/c1-14-13-17(2,3)24-19(23-14)16-7-5-15(6-8-16)18(9-4-10-20)21-11-12-22-18/h5-8,14H,4,9-13H2,1-3H3. The highest BCUT2D eigenvalue weighted by Gasteiger charge is 2.40. The summed E-state index contributed by atoms with van der Waals surface area (Å²) in [4.78, 5) is 0. The van der Waals surface area contributed by atoms with Gasteiger partial charge in [-0.1, -0.05) is 24.3 Å². The van der Waals surface area contributed by atoms with Crippen LogP contribution >= 0.6 is 11.6 Å². The van der Waals surface area contributed by atoms with Gasteiger partial charge in [0.2, 0.25) is 0 Å². The van der Waals surface area contributed by atoms with E-state index in [1.54, 1.807) is 0 Å². The lowest BCUT2D eigenvalue weighted by molar-refractivity contribution is -0.170. The van der Waals surface area contributed by atoms with Gasteiger partial charge >= 0.3 is 7.12 Å². The van der Waals surface area contributed by atoms with Crippen molar-refractivity contribution in [2.75, 3.05) is 19.1 Å². The number of hydrogen-bond donors (Lipinski definition) is 0. The quantitative estimate of drug-likeness (QED) is 0.602. The van der Waals surface area contributed by atoms with Crippen molar-refractivity contribution in [2.24, 2.45) is 0 Å². The van der Waals surface area contributed by atoms with Crippen molar-refractivity contribution in [1.29, 1.82) is 0 Å². The molecule has 0 radical (unpaired) electrons. The van der Waals surface area contributed by atoms with Gasteiger partial charge in [0.1, 0.15) is 0 Å². The zero-order valence-corrected chi connectivity index (χ0v) is 15.5. The molecule has 132 valence electrons. The predicted molar refractivity (Wildman–Crippen MR) is 95.7 cm³/mol. The van der Waals surface area contributed by atoms with Crippen LogP contribution in [0.15, 0.2) is 24.3 Å². The maximum absolute atomic E-state index is 6.08. The molecule has 2 aliphatic rings. The fourth-order valence-corrected chi connectivity index (χ4v) is 3.70. The van der Waals surface area contributed by atoms with Gasteiger partial charge in [0, 0.05) is 24.0 Å². The van der Waals surface area contributed by atoms with Gasteiger partial charge in [-0.2, -0.15) is 0 Å². The van der Waals surface area contributed by atoms with E-state index in [4.69, 9.17) is 30.4 Å². The lowest BCUT2D eigenvalue weighted by Gasteiger charge is -2.38. The third-order valence-electron chi connectivity index (χ3n) is 4.58. The minimum absolute atomic E-state index is 0.176. The second-order valence-corrected chi connectivity index (χ2v) is 7.60. The third-order valence-corrected chi connectivity index (χ3v) is 4.84. The van der Waals surface area contributed by atoms with Crippen molar-refractivity contribution in [3.05, 3.63) is 29.8 Å². The zero-order chi connectivity index (χ0) is 17.2. The Morgan fingerprint density at radius 2 is 1.83 bits per heavy atom. The summed E-state index contributed by atoms with van der Waals surface area (Å²) in [6, 6.07) is 8.19. The molecule has 0 aliphatic carbocycles. The lowest BCUT2D eigenvalue weighted by atomic mass is 9.74. The van der Waals surface area contributed by atoms with E-state index in [0.29, 0.717) is 19.1 Å². The van der Waals surface area contributed by atoms with Crippen molar-refractivity contribution in [3.8, 4) is 0 Å². The lowest BCUT2D eigenvalue weighted by Crippen LogP contribution is -2.51. The van der Waals surface area contributed by atoms with Gasteiger partial charge in [0.25, 0.3) is 0 Å². The Morgan fingerprint density at radius 1 is 1.17 bits per heavy atom. The molecule has 2 aliphatic heterocycles. The Balaban J connectivity index is 1.77. The van der Waals surface area contributed by atoms with Crippen LogP contribution in [0.4, 0.5) is 0 Å². The minimum atomic E-state index is -0.658. The second-order valence-electron chi connectivity index (χ2n) is 7.22. The number of ether oxygens (including phenoxy) is 2. The van der Waals surface area contributed by atoms with Gasteiger partial charge in [0.15, 0.2) is 5.79 Å². The van der Waals surface area contributed by atoms with Crippen LogP contribution in [0.25, 0.3) is 0 Å². The molecular formula is C18H26BClO4. The molecule has 1 aromatic carbocycles. The van der Waals surface area contributed by atoms with E-state index >= 15 is 0 Å². The average Bonchev–Trinajstić information content (AvgIpc) is 3.01. The topological polar surface area (TPSA) is 36.9 Å². The molecule has 4 nitrogen and oxygen atoms in total. The molecule has 0 saturated carbocycles. The summed E-state index contributed by atoms with van der Waals surface area (Å²) in [6.45, 7) is 7.53. The summed E-state index contributed by atoms with van der Waals surface area (Å²) in [5.41, 5.74) is 1.86. The van der Waals surface area contributed by atoms with Crippen LogP contribution < -0.4 is 5.46 Å². The van der Waals surface area contributed by atoms with Gasteiger partial charge in [0.05, 0.1) is 18.8 Å². The molecule has 0 bridgehead atoms. The molecule has 2 heterocycles. The Hall–Kier alpha value is -0.585. The molecule has 0 aromatic heterocycles. The smallest absolute Gasteiger partial charge is 0.405 e. The number of hydrogen-bond acceptors (Lipinski definition) is 4. The van der Waals surface area contributed by atoms with Crippen LogP contribution in [0.1, 0.15) is 45.6 Å². The molecule has 24 heavy (non-hydrogen) atoms. The van der Waals surface area contributed by atoms with E-state index in [9.17, 15) is 0 Å². The molecule has 0 N–H and O–H groups in total. The van der Waals surface area contributed by atoms with E-state index in [1.165, 1.54) is 0 Å². The zero-order valence-electron chi connectivity index (χ0n) is 14.7. The van der Waals surface area contributed by atoms with Crippen molar-refractivity contribution in [3.63, 3.8) is 0 Å². The molecule has 1 atom stereocenters. The summed E-state index contributed by atoms with van der Waals surface area (Å²) in [7, 11) is -0.331. The number of benzene rings is 1. The highest BCUT2D eigenvalue weighted by Crippen LogP contribution is 2.36. The van der Waals surface area contributed by atoms with Crippen LogP contribution in [0, 0.1) is 0 Å². The highest BCUT2D eigenvalue weighted by molar-refractivity contribution is 6.61. The van der Waals surface area contributed by atoms with Crippen LogP contribution in [0.3, 0.4) is 0 Å². The Morgan fingerprint density at radius 3 is 2.42 bits per heavy atom. The monoisotopic (exact) mass is 352 g/mol. The van der Waals surface area contributed by atoms with Crippen molar-refractivity contribution in [2.45, 2.75) is 57.5 Å². The van der Waals surface area contributed by atoms with Crippen molar-refractivity contribution in [1.82, 2.24) is 0 Å². The Labute approximate surface area is 149 Å². The first-order chi connectivity index (χ1) is 11.4. The summed E-state index contributed by atoms with van der Waals surface area (Å²) < 4.78 is 23.9. The van der Waals surface area contributed by atoms with Crippen LogP contribution in [-0.4, -0.2) is 37.9 Å². The SMILES string of the molecule is CC1CC(C)(C)OB(c2ccc(C3(CCCCl)OCCO3)cc2)O1.